The Morgan fingerprint density at radius 1 is 1.12 bits per heavy atom. The molecule has 0 N–H and O–H groups in total. The molecule has 3 rings (SSSR count). The molecule has 0 bridgehead atoms. The van der Waals surface area contributed by atoms with Crippen LogP contribution in [0.5, 0.6) is 0 Å². The third-order valence-electron chi connectivity index (χ3n) is 4.22. The van der Waals surface area contributed by atoms with Crippen molar-refractivity contribution in [3.63, 3.8) is 0 Å². The van der Waals surface area contributed by atoms with Crippen molar-refractivity contribution in [1.29, 1.82) is 0 Å². The number of benzene rings is 2. The molecule has 1 aromatic heterocycles. The van der Waals surface area contributed by atoms with Crippen LogP contribution in [0, 0.1) is 17.5 Å². The van der Waals surface area contributed by atoms with Gasteiger partial charge < -0.3 is 4.57 Å². The molecule has 2 aromatic carbocycles. The molecular formula is C19H21FN4S. The SMILES string of the molecule is Cc1ccccc1CN(C)Cn1nc(-c2ccc(F)cc2)n(C)c1=S. The first-order valence-electron chi connectivity index (χ1n) is 8.08. The van der Waals surface area contributed by atoms with E-state index in [1.165, 1.54) is 23.3 Å². The van der Waals surface area contributed by atoms with Crippen LogP contribution in [0.15, 0.2) is 48.5 Å². The van der Waals surface area contributed by atoms with Crippen LogP contribution in [-0.4, -0.2) is 26.3 Å². The maximum absolute atomic E-state index is 13.1. The first-order chi connectivity index (χ1) is 12.0. The Bertz CT molecular complexity index is 927. The van der Waals surface area contributed by atoms with Gasteiger partial charge in [0.1, 0.15) is 5.82 Å². The number of hydrogen-bond donors (Lipinski definition) is 0. The summed E-state index contributed by atoms with van der Waals surface area (Å²) in [5.74, 6) is 0.469. The Morgan fingerprint density at radius 2 is 1.80 bits per heavy atom. The minimum absolute atomic E-state index is 0.262. The van der Waals surface area contributed by atoms with Crippen LogP contribution in [0.2, 0.25) is 0 Å². The normalized spacial score (nSPS) is 11.2. The van der Waals surface area contributed by atoms with Crippen molar-refractivity contribution in [1.82, 2.24) is 19.2 Å². The zero-order valence-electron chi connectivity index (χ0n) is 14.6. The van der Waals surface area contributed by atoms with Crippen molar-refractivity contribution in [3.8, 4) is 11.4 Å². The maximum Gasteiger partial charge on any atom is 0.199 e. The van der Waals surface area contributed by atoms with E-state index in [0.29, 0.717) is 11.4 Å². The van der Waals surface area contributed by atoms with Gasteiger partial charge in [0.2, 0.25) is 0 Å². The van der Waals surface area contributed by atoms with Crippen molar-refractivity contribution in [3.05, 3.63) is 70.2 Å². The second-order valence-electron chi connectivity index (χ2n) is 6.25. The Morgan fingerprint density at radius 3 is 2.48 bits per heavy atom. The molecule has 3 aromatic rings. The van der Waals surface area contributed by atoms with Gasteiger partial charge in [-0.25, -0.2) is 9.07 Å². The van der Waals surface area contributed by atoms with E-state index in [1.807, 2.05) is 24.7 Å². The summed E-state index contributed by atoms with van der Waals surface area (Å²) in [6.45, 7) is 3.52. The van der Waals surface area contributed by atoms with E-state index >= 15 is 0 Å². The lowest BCUT2D eigenvalue weighted by Crippen LogP contribution is -2.23. The van der Waals surface area contributed by atoms with Crippen LogP contribution in [-0.2, 0) is 20.3 Å². The van der Waals surface area contributed by atoms with Gasteiger partial charge in [0.05, 0.1) is 6.67 Å². The summed E-state index contributed by atoms with van der Waals surface area (Å²) in [5, 5.41) is 4.62. The van der Waals surface area contributed by atoms with Gasteiger partial charge in [-0.1, -0.05) is 24.3 Å². The lowest BCUT2D eigenvalue weighted by molar-refractivity contribution is 0.243. The highest BCUT2D eigenvalue weighted by atomic mass is 32.1. The zero-order chi connectivity index (χ0) is 18.0. The summed E-state index contributed by atoms with van der Waals surface area (Å²) in [4.78, 5) is 2.17. The highest BCUT2D eigenvalue weighted by Crippen LogP contribution is 2.18. The van der Waals surface area contributed by atoms with Gasteiger partial charge in [0.25, 0.3) is 0 Å². The molecule has 0 saturated heterocycles. The van der Waals surface area contributed by atoms with Crippen LogP contribution < -0.4 is 0 Å². The predicted octanol–water partition coefficient (Wildman–Crippen LogP) is 4.16. The summed E-state index contributed by atoms with van der Waals surface area (Å²) < 4.78 is 17.4. The van der Waals surface area contributed by atoms with Crippen LogP contribution >= 0.6 is 12.2 Å². The van der Waals surface area contributed by atoms with Crippen molar-refractivity contribution in [2.45, 2.75) is 20.1 Å². The van der Waals surface area contributed by atoms with Crippen LogP contribution in [0.1, 0.15) is 11.1 Å². The summed E-state index contributed by atoms with van der Waals surface area (Å²) in [6.07, 6.45) is 0. The molecule has 0 amide bonds. The van der Waals surface area contributed by atoms with Crippen molar-refractivity contribution in [2.24, 2.45) is 7.05 Å². The molecule has 1 heterocycles. The molecule has 0 aliphatic carbocycles. The van der Waals surface area contributed by atoms with E-state index in [2.05, 4.69) is 35.1 Å². The molecule has 25 heavy (non-hydrogen) atoms. The van der Waals surface area contributed by atoms with E-state index in [9.17, 15) is 4.39 Å². The van der Waals surface area contributed by atoms with Crippen LogP contribution in [0.4, 0.5) is 4.39 Å². The van der Waals surface area contributed by atoms with E-state index in [-0.39, 0.29) is 5.82 Å². The van der Waals surface area contributed by atoms with Gasteiger partial charge in [0, 0.05) is 19.2 Å². The molecule has 0 radical (unpaired) electrons. The van der Waals surface area contributed by atoms with E-state index < -0.39 is 0 Å². The summed E-state index contributed by atoms with van der Waals surface area (Å²) in [6, 6.07) is 14.6. The standard InChI is InChI=1S/C19H21FN4S/c1-14-6-4-5-7-16(14)12-22(2)13-24-19(25)23(3)18(21-24)15-8-10-17(20)11-9-15/h4-11H,12-13H2,1-3H3. The largest absolute Gasteiger partial charge is 0.303 e. The second-order valence-corrected chi connectivity index (χ2v) is 6.62. The third-order valence-corrected chi connectivity index (χ3v) is 4.70. The maximum atomic E-state index is 13.1. The minimum Gasteiger partial charge on any atom is -0.303 e. The fourth-order valence-electron chi connectivity index (χ4n) is 2.79. The van der Waals surface area contributed by atoms with Gasteiger partial charge >= 0.3 is 0 Å². The molecule has 0 atom stereocenters. The fourth-order valence-corrected chi connectivity index (χ4v) is 2.97. The number of rotatable bonds is 5. The van der Waals surface area contributed by atoms with Crippen molar-refractivity contribution >= 4 is 12.2 Å². The molecule has 0 saturated carbocycles. The summed E-state index contributed by atoms with van der Waals surface area (Å²) in [7, 11) is 3.92. The number of nitrogens with zero attached hydrogens (tertiary/aromatic N) is 4. The van der Waals surface area contributed by atoms with Crippen LogP contribution in [0.25, 0.3) is 11.4 Å². The fraction of sp³-hybridized carbons (Fsp3) is 0.263. The molecule has 0 unspecified atom stereocenters. The lowest BCUT2D eigenvalue weighted by atomic mass is 10.1. The van der Waals surface area contributed by atoms with Gasteiger partial charge in [-0.05, 0) is 61.6 Å². The quantitative estimate of drug-likeness (QED) is 0.642. The zero-order valence-corrected chi connectivity index (χ0v) is 15.4. The molecule has 0 fully saturated rings. The summed E-state index contributed by atoms with van der Waals surface area (Å²) >= 11 is 5.51. The summed E-state index contributed by atoms with van der Waals surface area (Å²) in [5.41, 5.74) is 3.40. The average molecular weight is 356 g/mol. The first-order valence-corrected chi connectivity index (χ1v) is 8.49. The second kappa shape index (κ2) is 7.29. The highest BCUT2D eigenvalue weighted by molar-refractivity contribution is 7.71. The molecule has 130 valence electrons. The Kier molecular flexibility index (Phi) is 5.11. The monoisotopic (exact) mass is 356 g/mol. The molecule has 0 spiro atoms. The highest BCUT2D eigenvalue weighted by Gasteiger charge is 2.12. The lowest BCUT2D eigenvalue weighted by Gasteiger charge is -2.17. The minimum atomic E-state index is -0.262. The predicted molar refractivity (Wildman–Crippen MR) is 100 cm³/mol. The molecule has 4 nitrogen and oxygen atoms in total. The Balaban J connectivity index is 1.81. The molecular weight excluding hydrogens is 335 g/mol. The van der Waals surface area contributed by atoms with E-state index in [0.717, 1.165) is 17.9 Å². The van der Waals surface area contributed by atoms with Crippen LogP contribution in [0.3, 0.4) is 0 Å². The topological polar surface area (TPSA) is 26.0 Å². The number of aromatic nitrogens is 3. The number of hydrogen-bond acceptors (Lipinski definition) is 3. The van der Waals surface area contributed by atoms with E-state index in [4.69, 9.17) is 12.2 Å². The van der Waals surface area contributed by atoms with Gasteiger partial charge in [0.15, 0.2) is 10.6 Å². The Labute approximate surface area is 152 Å². The van der Waals surface area contributed by atoms with Gasteiger partial charge in [-0.15, -0.1) is 0 Å². The molecule has 0 aliphatic rings. The van der Waals surface area contributed by atoms with Crippen molar-refractivity contribution in [2.75, 3.05) is 7.05 Å². The molecule has 0 aliphatic heterocycles. The Hall–Kier alpha value is -2.31. The smallest absolute Gasteiger partial charge is 0.199 e. The van der Waals surface area contributed by atoms with E-state index in [1.54, 1.807) is 16.8 Å². The van der Waals surface area contributed by atoms with Crippen molar-refractivity contribution < 1.29 is 4.39 Å². The first kappa shape index (κ1) is 17.5. The number of aryl methyl sites for hydroxylation is 1. The number of halogens is 1. The van der Waals surface area contributed by atoms with Gasteiger partial charge in [-0.2, -0.15) is 5.10 Å². The molecule has 6 heteroatoms. The van der Waals surface area contributed by atoms with Gasteiger partial charge in [-0.3, -0.25) is 4.90 Å². The average Bonchev–Trinajstić information content (AvgIpc) is 2.86. The third kappa shape index (κ3) is 3.86.